The van der Waals surface area contributed by atoms with Gasteiger partial charge in [0, 0.05) is 13.0 Å². The first-order chi connectivity index (χ1) is 7.66. The van der Waals surface area contributed by atoms with Crippen LogP contribution in [0.1, 0.15) is 30.6 Å². The van der Waals surface area contributed by atoms with Crippen molar-refractivity contribution in [1.29, 1.82) is 0 Å². The van der Waals surface area contributed by atoms with Crippen LogP contribution in [0.5, 0.6) is 0 Å². The Balaban J connectivity index is 1.97. The van der Waals surface area contributed by atoms with Crippen LogP contribution in [0.25, 0.3) is 0 Å². The van der Waals surface area contributed by atoms with Crippen molar-refractivity contribution in [2.24, 2.45) is 7.05 Å². The summed E-state index contributed by atoms with van der Waals surface area (Å²) in [4.78, 5) is 8.61. The summed E-state index contributed by atoms with van der Waals surface area (Å²) in [5.41, 5.74) is 0. The fourth-order valence-electron chi connectivity index (χ4n) is 1.10. The van der Waals surface area contributed by atoms with Crippen LogP contribution in [0.3, 0.4) is 0 Å². The zero-order valence-corrected chi connectivity index (χ0v) is 11.0. The van der Waals surface area contributed by atoms with Crippen LogP contribution in [-0.2, 0) is 12.8 Å². The molecule has 2 heterocycles. The molecule has 0 aliphatic rings. The summed E-state index contributed by atoms with van der Waals surface area (Å²) in [7, 11) is 1.88. The van der Waals surface area contributed by atoms with Crippen molar-refractivity contribution in [2.75, 3.05) is 0 Å². The monoisotopic (exact) mass is 255 g/mol. The summed E-state index contributed by atoms with van der Waals surface area (Å²) in [5.74, 6) is 2.13. The van der Waals surface area contributed by atoms with E-state index in [-0.39, 0.29) is 0 Å². The average Bonchev–Trinajstić information content (AvgIpc) is 2.83. The molecule has 5 nitrogen and oxygen atoms in total. The third kappa shape index (κ3) is 2.59. The highest BCUT2D eigenvalue weighted by Gasteiger charge is 2.09. The molecule has 0 saturated carbocycles. The molecule has 0 bridgehead atoms. The smallest absolute Gasteiger partial charge is 0.186 e. The Morgan fingerprint density at radius 2 is 2.31 bits per heavy atom. The number of rotatable bonds is 4. The van der Waals surface area contributed by atoms with Crippen molar-refractivity contribution >= 4 is 23.3 Å². The lowest BCUT2D eigenvalue weighted by molar-refractivity contribution is 0.685. The molecule has 2 aromatic heterocycles. The molecule has 0 fully saturated rings. The lowest BCUT2D eigenvalue weighted by Gasteiger charge is -1.97. The molecule has 2 aromatic rings. The Labute approximate surface area is 102 Å². The molecular weight excluding hydrogens is 242 g/mol. The van der Waals surface area contributed by atoms with Gasteiger partial charge in [-0.2, -0.15) is 9.47 Å². The van der Waals surface area contributed by atoms with Crippen LogP contribution in [-0.4, -0.2) is 24.1 Å². The maximum atomic E-state index is 4.47. The summed E-state index contributed by atoms with van der Waals surface area (Å²) < 4.78 is 6.07. The van der Waals surface area contributed by atoms with Gasteiger partial charge in [-0.15, -0.1) is 0 Å². The molecule has 0 saturated heterocycles. The van der Waals surface area contributed by atoms with Gasteiger partial charge in [0.1, 0.15) is 17.2 Å². The third-order valence-corrected chi connectivity index (χ3v) is 3.95. The van der Waals surface area contributed by atoms with E-state index in [1.165, 1.54) is 11.5 Å². The topological polar surface area (TPSA) is 56.5 Å². The lowest BCUT2D eigenvalue weighted by atomic mass is 10.2. The summed E-state index contributed by atoms with van der Waals surface area (Å²) in [6.45, 7) is 4.20. The van der Waals surface area contributed by atoms with E-state index < -0.39 is 0 Å². The van der Waals surface area contributed by atoms with E-state index in [9.17, 15) is 0 Å². The van der Waals surface area contributed by atoms with E-state index in [0.29, 0.717) is 5.92 Å². The molecule has 7 heteroatoms. The Bertz CT molecular complexity index is 462. The number of aryl methyl sites for hydroxylation is 1. The third-order valence-electron chi connectivity index (χ3n) is 1.99. The molecule has 0 radical (unpaired) electrons. The first kappa shape index (κ1) is 11.5. The number of thioether (sulfide) groups is 1. The quantitative estimate of drug-likeness (QED) is 0.783. The Hall–Kier alpha value is -0.950. The van der Waals surface area contributed by atoms with Gasteiger partial charge in [0.25, 0.3) is 0 Å². The van der Waals surface area contributed by atoms with Gasteiger partial charge in [-0.3, -0.25) is 0 Å². The molecule has 0 aliphatic carbocycles. The molecule has 86 valence electrons. The van der Waals surface area contributed by atoms with Gasteiger partial charge in [0.15, 0.2) is 5.16 Å². The fourth-order valence-corrected chi connectivity index (χ4v) is 2.75. The van der Waals surface area contributed by atoms with Crippen LogP contribution >= 0.6 is 23.3 Å². The zero-order valence-electron chi connectivity index (χ0n) is 9.41. The van der Waals surface area contributed by atoms with Gasteiger partial charge < -0.3 is 0 Å². The van der Waals surface area contributed by atoms with Crippen LogP contribution in [0.15, 0.2) is 11.5 Å². The van der Waals surface area contributed by atoms with Gasteiger partial charge in [0.05, 0.1) is 5.75 Å². The van der Waals surface area contributed by atoms with Crippen LogP contribution in [0, 0.1) is 0 Å². The molecule has 0 N–H and O–H groups in total. The molecule has 0 atom stereocenters. The molecule has 0 spiro atoms. The standard InChI is InChI=1S/C9H13N5S2/c1-6(2)8-12-7(16-13-8)4-15-9-10-5-11-14(9)3/h5-6H,4H2,1-3H3. The Kier molecular flexibility index (Phi) is 3.55. The minimum absolute atomic E-state index is 0.393. The Morgan fingerprint density at radius 1 is 1.50 bits per heavy atom. The van der Waals surface area contributed by atoms with Gasteiger partial charge in [-0.05, 0) is 11.5 Å². The Morgan fingerprint density at radius 3 is 2.88 bits per heavy atom. The van der Waals surface area contributed by atoms with Crippen molar-refractivity contribution in [2.45, 2.75) is 30.7 Å². The predicted octanol–water partition coefficient (Wildman–Crippen LogP) is 2.08. The second-order valence-corrected chi connectivity index (χ2v) is 5.43. The van der Waals surface area contributed by atoms with Crippen LogP contribution < -0.4 is 0 Å². The number of hydrogen-bond donors (Lipinski definition) is 0. The highest BCUT2D eigenvalue weighted by Crippen LogP contribution is 2.22. The predicted molar refractivity (Wildman–Crippen MR) is 64.6 cm³/mol. The van der Waals surface area contributed by atoms with Crippen molar-refractivity contribution < 1.29 is 0 Å². The van der Waals surface area contributed by atoms with Gasteiger partial charge in [-0.25, -0.2) is 14.6 Å². The molecule has 0 unspecified atom stereocenters. The van der Waals surface area contributed by atoms with Crippen molar-refractivity contribution in [3.05, 3.63) is 17.2 Å². The molecule has 0 amide bonds. The highest BCUT2D eigenvalue weighted by atomic mass is 32.2. The first-order valence-electron chi connectivity index (χ1n) is 4.96. The first-order valence-corrected chi connectivity index (χ1v) is 6.72. The zero-order chi connectivity index (χ0) is 11.5. The summed E-state index contributed by atoms with van der Waals surface area (Å²) >= 11 is 3.10. The van der Waals surface area contributed by atoms with Crippen molar-refractivity contribution in [1.82, 2.24) is 24.1 Å². The molecular formula is C9H13N5S2. The van der Waals surface area contributed by atoms with E-state index in [1.807, 2.05) is 7.05 Å². The maximum absolute atomic E-state index is 4.47. The number of nitrogens with zero attached hydrogens (tertiary/aromatic N) is 5. The minimum atomic E-state index is 0.393. The minimum Gasteiger partial charge on any atom is -0.244 e. The van der Waals surface area contributed by atoms with Crippen LogP contribution in [0.4, 0.5) is 0 Å². The summed E-state index contributed by atoms with van der Waals surface area (Å²) in [5, 5.41) is 5.96. The van der Waals surface area contributed by atoms with Gasteiger partial charge in [0.2, 0.25) is 0 Å². The molecule has 16 heavy (non-hydrogen) atoms. The average molecular weight is 255 g/mol. The van der Waals surface area contributed by atoms with E-state index in [1.54, 1.807) is 22.8 Å². The van der Waals surface area contributed by atoms with E-state index in [0.717, 1.165) is 21.7 Å². The maximum Gasteiger partial charge on any atom is 0.186 e. The highest BCUT2D eigenvalue weighted by molar-refractivity contribution is 7.98. The molecule has 0 aliphatic heterocycles. The van der Waals surface area contributed by atoms with E-state index in [2.05, 4.69) is 33.3 Å². The second-order valence-electron chi connectivity index (χ2n) is 3.66. The summed E-state index contributed by atoms with van der Waals surface area (Å²) in [6.07, 6.45) is 1.56. The molecule has 0 aromatic carbocycles. The number of aromatic nitrogens is 5. The molecule has 2 rings (SSSR count). The lowest BCUT2D eigenvalue weighted by Crippen LogP contribution is -1.93. The van der Waals surface area contributed by atoms with Crippen molar-refractivity contribution in [3.63, 3.8) is 0 Å². The fraction of sp³-hybridized carbons (Fsp3) is 0.556. The van der Waals surface area contributed by atoms with Crippen molar-refractivity contribution in [3.8, 4) is 0 Å². The second kappa shape index (κ2) is 4.92. The normalized spacial score (nSPS) is 11.2. The van der Waals surface area contributed by atoms with Gasteiger partial charge >= 0.3 is 0 Å². The number of hydrogen-bond acceptors (Lipinski definition) is 6. The van der Waals surface area contributed by atoms with Crippen LogP contribution in [0.2, 0.25) is 0 Å². The SMILES string of the molecule is CC(C)c1nsc(CSc2ncnn2C)n1. The largest absolute Gasteiger partial charge is 0.244 e. The summed E-state index contributed by atoms with van der Waals surface area (Å²) in [6, 6.07) is 0. The van der Waals surface area contributed by atoms with Gasteiger partial charge in [-0.1, -0.05) is 25.6 Å². The van der Waals surface area contributed by atoms with E-state index in [4.69, 9.17) is 0 Å². The van der Waals surface area contributed by atoms with E-state index >= 15 is 0 Å².